The Hall–Kier alpha value is -1.63. The fraction of sp³-hybridized carbons (Fsp3) is 0.696. The minimum Gasteiger partial charge on any atom is -0.381 e. The van der Waals surface area contributed by atoms with Crippen molar-refractivity contribution >= 4 is 11.7 Å². The first-order chi connectivity index (χ1) is 14.2. The third-order valence-corrected chi connectivity index (χ3v) is 7.34. The van der Waals surface area contributed by atoms with Gasteiger partial charge in [-0.05, 0) is 56.6 Å². The summed E-state index contributed by atoms with van der Waals surface area (Å²) < 4.78 is 12.1. The van der Waals surface area contributed by atoms with E-state index in [-0.39, 0.29) is 11.6 Å². The Labute approximate surface area is 173 Å². The van der Waals surface area contributed by atoms with Crippen LogP contribution in [0.3, 0.4) is 0 Å². The summed E-state index contributed by atoms with van der Waals surface area (Å²) in [5.74, 6) is 0.812. The predicted molar refractivity (Wildman–Crippen MR) is 112 cm³/mol. The molecule has 1 aromatic carbocycles. The Kier molecular flexibility index (Phi) is 5.50. The van der Waals surface area contributed by atoms with Crippen LogP contribution in [0, 0.1) is 5.92 Å². The molecular formula is C23H33N3O3. The second-order valence-electron chi connectivity index (χ2n) is 9.15. The number of carbonyl (C=O) groups excluding carboxylic acids is 1. The fourth-order valence-corrected chi connectivity index (χ4v) is 5.30. The number of anilines is 1. The van der Waals surface area contributed by atoms with E-state index in [9.17, 15) is 4.79 Å². The summed E-state index contributed by atoms with van der Waals surface area (Å²) in [7, 11) is 0. The van der Waals surface area contributed by atoms with Crippen molar-refractivity contribution in [1.82, 2.24) is 9.80 Å². The summed E-state index contributed by atoms with van der Waals surface area (Å²) >= 11 is 0. The van der Waals surface area contributed by atoms with Crippen molar-refractivity contribution < 1.29 is 14.3 Å². The summed E-state index contributed by atoms with van der Waals surface area (Å²) in [6.07, 6.45) is 7.30. The molecule has 1 atom stereocenters. The first kappa shape index (κ1) is 19.3. The molecule has 6 heteroatoms. The molecule has 1 saturated carbocycles. The topological polar surface area (TPSA) is 54.0 Å². The highest BCUT2D eigenvalue weighted by Gasteiger charge is 2.57. The summed E-state index contributed by atoms with van der Waals surface area (Å²) in [6, 6.07) is 10.3. The molecule has 4 aliphatic rings. The molecule has 3 aliphatic heterocycles. The van der Waals surface area contributed by atoms with Crippen LogP contribution in [0.4, 0.5) is 10.5 Å². The van der Waals surface area contributed by atoms with Crippen LogP contribution in [-0.4, -0.2) is 73.0 Å². The lowest BCUT2D eigenvalue weighted by molar-refractivity contribution is -0.217. The van der Waals surface area contributed by atoms with Crippen molar-refractivity contribution in [2.75, 3.05) is 44.8 Å². The van der Waals surface area contributed by atoms with Crippen molar-refractivity contribution in [2.24, 2.45) is 5.92 Å². The average molecular weight is 400 g/mol. The lowest BCUT2D eigenvalue weighted by Gasteiger charge is -2.63. The van der Waals surface area contributed by atoms with Crippen molar-refractivity contribution in [2.45, 2.75) is 56.2 Å². The van der Waals surface area contributed by atoms with Crippen LogP contribution in [0.5, 0.6) is 0 Å². The molecule has 0 unspecified atom stereocenters. The number of nitrogens with zero attached hydrogens (tertiary/aromatic N) is 2. The van der Waals surface area contributed by atoms with Gasteiger partial charge < -0.3 is 19.7 Å². The minimum atomic E-state index is 0.0182. The zero-order chi connectivity index (χ0) is 19.7. The van der Waals surface area contributed by atoms with Crippen molar-refractivity contribution in [3.8, 4) is 0 Å². The highest BCUT2D eigenvalue weighted by Crippen LogP contribution is 2.45. The fourth-order valence-electron chi connectivity index (χ4n) is 5.30. The van der Waals surface area contributed by atoms with Crippen LogP contribution in [0.1, 0.15) is 38.5 Å². The van der Waals surface area contributed by atoms with Gasteiger partial charge in [-0.1, -0.05) is 18.2 Å². The molecule has 29 heavy (non-hydrogen) atoms. The number of rotatable bonds is 5. The molecule has 1 aliphatic carbocycles. The van der Waals surface area contributed by atoms with Gasteiger partial charge in [0.05, 0.1) is 11.6 Å². The third kappa shape index (κ3) is 4.03. The molecular weight excluding hydrogens is 366 g/mol. The normalized spacial score (nSPS) is 27.6. The summed E-state index contributed by atoms with van der Waals surface area (Å²) in [5.41, 5.74) is 1.03. The van der Waals surface area contributed by atoms with Crippen LogP contribution >= 0.6 is 0 Å². The Morgan fingerprint density at radius 2 is 1.83 bits per heavy atom. The Morgan fingerprint density at radius 3 is 2.52 bits per heavy atom. The van der Waals surface area contributed by atoms with Crippen molar-refractivity contribution in [3.05, 3.63) is 30.3 Å². The van der Waals surface area contributed by atoms with Crippen LogP contribution in [-0.2, 0) is 9.47 Å². The number of benzene rings is 1. The number of urea groups is 1. The molecule has 3 heterocycles. The number of likely N-dealkylation sites (tertiary alicyclic amines) is 2. The molecule has 1 aromatic rings. The number of carbonyl (C=O) groups is 1. The summed E-state index contributed by atoms with van der Waals surface area (Å²) in [5, 5.41) is 3.02. The summed E-state index contributed by atoms with van der Waals surface area (Å²) in [4.78, 5) is 17.3. The Bertz CT molecular complexity index is 695. The van der Waals surface area contributed by atoms with E-state index in [1.165, 1.54) is 12.8 Å². The maximum atomic E-state index is 12.6. The third-order valence-electron chi connectivity index (χ3n) is 7.34. The summed E-state index contributed by atoms with van der Waals surface area (Å²) in [6.45, 7) is 5.32. The minimum absolute atomic E-state index is 0.0182. The molecule has 1 spiro atoms. The number of hydrogen-bond donors (Lipinski definition) is 1. The van der Waals surface area contributed by atoms with Gasteiger partial charge in [0.15, 0.2) is 0 Å². The van der Waals surface area contributed by atoms with E-state index in [4.69, 9.17) is 9.47 Å². The monoisotopic (exact) mass is 399 g/mol. The quantitative estimate of drug-likeness (QED) is 0.825. The molecule has 0 bridgehead atoms. The zero-order valence-electron chi connectivity index (χ0n) is 17.2. The largest absolute Gasteiger partial charge is 0.381 e. The maximum Gasteiger partial charge on any atom is 0.321 e. The standard InChI is InChI=1S/C23H33N3O3/c27-22(24-19-4-2-1-3-5-19)25-12-8-20(9-13-25)26-16-21(29-17-18-6-7-18)23(26)10-14-28-15-11-23/h1-5,18,20-21H,6-17H2,(H,24,27)/t21-/m0/s1. The number of para-hydroxylation sites is 1. The Morgan fingerprint density at radius 1 is 1.10 bits per heavy atom. The van der Waals surface area contributed by atoms with Gasteiger partial charge in [-0.2, -0.15) is 0 Å². The lowest BCUT2D eigenvalue weighted by Crippen LogP contribution is -2.76. The number of nitrogens with one attached hydrogen (secondary N) is 1. The maximum absolute atomic E-state index is 12.6. The molecule has 1 N–H and O–H groups in total. The number of amides is 2. The van der Waals surface area contributed by atoms with Gasteiger partial charge in [-0.15, -0.1) is 0 Å². The molecule has 0 radical (unpaired) electrons. The van der Waals surface area contributed by atoms with Crippen molar-refractivity contribution in [1.29, 1.82) is 0 Å². The van der Waals surface area contributed by atoms with Gasteiger partial charge >= 0.3 is 6.03 Å². The first-order valence-electron chi connectivity index (χ1n) is 11.3. The molecule has 2 amide bonds. The lowest BCUT2D eigenvalue weighted by atomic mass is 9.73. The van der Waals surface area contributed by atoms with E-state index < -0.39 is 0 Å². The van der Waals surface area contributed by atoms with Crippen LogP contribution in [0.15, 0.2) is 30.3 Å². The van der Waals surface area contributed by atoms with Crippen LogP contribution in [0.2, 0.25) is 0 Å². The highest BCUT2D eigenvalue weighted by atomic mass is 16.5. The smallest absolute Gasteiger partial charge is 0.321 e. The molecule has 3 saturated heterocycles. The average Bonchev–Trinajstić information content (AvgIpc) is 3.59. The Balaban J connectivity index is 1.16. The van der Waals surface area contributed by atoms with Gasteiger partial charge in [0.25, 0.3) is 0 Å². The number of piperidine rings is 1. The molecule has 4 fully saturated rings. The first-order valence-corrected chi connectivity index (χ1v) is 11.3. The SMILES string of the molecule is O=C(Nc1ccccc1)N1CCC(N2C[C@H](OCC3CC3)C23CCOCC3)CC1. The second kappa shape index (κ2) is 8.25. The highest BCUT2D eigenvalue weighted by molar-refractivity contribution is 5.89. The molecule has 5 rings (SSSR count). The van der Waals surface area contributed by atoms with Crippen LogP contribution < -0.4 is 5.32 Å². The number of hydrogen-bond acceptors (Lipinski definition) is 4. The van der Waals surface area contributed by atoms with Gasteiger partial charge in [0, 0.05) is 51.2 Å². The van der Waals surface area contributed by atoms with Gasteiger partial charge in [-0.25, -0.2) is 4.79 Å². The van der Waals surface area contributed by atoms with E-state index in [1.54, 1.807) is 0 Å². The van der Waals surface area contributed by atoms with E-state index in [1.807, 2.05) is 35.2 Å². The van der Waals surface area contributed by atoms with E-state index in [2.05, 4.69) is 10.2 Å². The van der Waals surface area contributed by atoms with E-state index in [0.29, 0.717) is 12.1 Å². The molecule has 6 nitrogen and oxygen atoms in total. The van der Waals surface area contributed by atoms with Gasteiger partial charge in [0.2, 0.25) is 0 Å². The zero-order valence-corrected chi connectivity index (χ0v) is 17.2. The van der Waals surface area contributed by atoms with E-state index in [0.717, 1.165) is 76.7 Å². The van der Waals surface area contributed by atoms with Gasteiger partial charge in [-0.3, -0.25) is 4.90 Å². The molecule has 158 valence electrons. The predicted octanol–water partition coefficient (Wildman–Crippen LogP) is 3.34. The van der Waals surface area contributed by atoms with Crippen LogP contribution in [0.25, 0.3) is 0 Å². The van der Waals surface area contributed by atoms with Gasteiger partial charge in [0.1, 0.15) is 0 Å². The van der Waals surface area contributed by atoms with Crippen molar-refractivity contribution in [3.63, 3.8) is 0 Å². The number of ether oxygens (including phenoxy) is 2. The van der Waals surface area contributed by atoms with E-state index >= 15 is 0 Å². The second-order valence-corrected chi connectivity index (χ2v) is 9.15. The molecule has 0 aromatic heterocycles.